The molecule has 0 unspecified atom stereocenters. The van der Waals surface area contributed by atoms with Crippen LogP contribution in [0, 0.1) is 6.92 Å². The van der Waals surface area contributed by atoms with E-state index in [1.165, 1.54) is 0 Å². The van der Waals surface area contributed by atoms with E-state index >= 15 is 0 Å². The van der Waals surface area contributed by atoms with Crippen LogP contribution in [0.25, 0.3) is 32.3 Å². The van der Waals surface area contributed by atoms with Crippen molar-refractivity contribution < 1.29 is 9.90 Å². The fourth-order valence-electron chi connectivity index (χ4n) is 4.57. The second kappa shape index (κ2) is 9.21. The van der Waals surface area contributed by atoms with Crippen molar-refractivity contribution >= 4 is 55.3 Å². The van der Waals surface area contributed by atoms with Crippen LogP contribution in [0.5, 0.6) is 5.75 Å². The zero-order chi connectivity index (χ0) is 25.4. The lowest BCUT2D eigenvalue weighted by atomic mass is 10.0. The fraction of sp³-hybridized carbons (Fsp3) is 0.0312. The molecule has 0 aliphatic heterocycles. The van der Waals surface area contributed by atoms with E-state index in [0.717, 1.165) is 32.5 Å². The summed E-state index contributed by atoms with van der Waals surface area (Å²) < 4.78 is 0. The van der Waals surface area contributed by atoms with E-state index in [2.05, 4.69) is 39.8 Å². The Morgan fingerprint density at radius 3 is 2.11 bits per heavy atom. The van der Waals surface area contributed by atoms with Crippen LogP contribution in [-0.4, -0.2) is 11.0 Å². The predicted molar refractivity (Wildman–Crippen MR) is 150 cm³/mol. The Hall–Kier alpha value is -5.03. The van der Waals surface area contributed by atoms with E-state index < -0.39 is 5.91 Å². The highest BCUT2D eigenvalue weighted by Gasteiger charge is 2.18. The molecule has 0 atom stereocenters. The van der Waals surface area contributed by atoms with Gasteiger partial charge >= 0.3 is 0 Å². The van der Waals surface area contributed by atoms with Crippen LogP contribution >= 0.6 is 0 Å². The minimum Gasteiger partial charge on any atom is -0.505 e. The molecule has 0 fully saturated rings. The fourth-order valence-corrected chi connectivity index (χ4v) is 4.57. The van der Waals surface area contributed by atoms with Crippen molar-refractivity contribution in [3.8, 4) is 5.75 Å². The normalized spacial score (nSPS) is 11.5. The Morgan fingerprint density at radius 1 is 0.676 bits per heavy atom. The zero-order valence-corrected chi connectivity index (χ0v) is 20.1. The number of phenols is 1. The topological polar surface area (TPSA) is 74.0 Å². The predicted octanol–water partition coefficient (Wildman–Crippen LogP) is 8.83. The summed E-state index contributed by atoms with van der Waals surface area (Å²) in [5.41, 5.74) is 2.81. The molecule has 1 amide bonds. The van der Waals surface area contributed by atoms with Crippen molar-refractivity contribution in [2.24, 2.45) is 10.2 Å². The molecule has 0 spiro atoms. The first-order valence-electron chi connectivity index (χ1n) is 12.0. The van der Waals surface area contributed by atoms with E-state index in [9.17, 15) is 9.90 Å². The molecular weight excluding hydrogens is 458 g/mol. The van der Waals surface area contributed by atoms with Crippen molar-refractivity contribution in [2.75, 3.05) is 5.32 Å². The van der Waals surface area contributed by atoms with Crippen molar-refractivity contribution in [1.29, 1.82) is 0 Å². The van der Waals surface area contributed by atoms with Gasteiger partial charge in [-0.25, -0.2) is 0 Å². The first-order valence-corrected chi connectivity index (χ1v) is 12.0. The lowest BCUT2D eigenvalue weighted by Crippen LogP contribution is -2.12. The first kappa shape index (κ1) is 22.4. The maximum absolute atomic E-state index is 13.1. The smallest absolute Gasteiger partial charge is 0.259 e. The van der Waals surface area contributed by atoms with Crippen molar-refractivity contribution in [2.45, 2.75) is 6.92 Å². The quantitative estimate of drug-likeness (QED) is 0.195. The van der Waals surface area contributed by atoms with Gasteiger partial charge in [0.25, 0.3) is 5.91 Å². The molecule has 5 nitrogen and oxygen atoms in total. The SMILES string of the molecule is Cc1ccc(NC(=O)c2cc3ccccc3c(/N=N/c3cccc4cc5ccccc5cc34)c2O)cc1. The number of aromatic hydroxyl groups is 1. The van der Waals surface area contributed by atoms with Gasteiger partial charge < -0.3 is 10.4 Å². The monoisotopic (exact) mass is 481 g/mol. The number of aryl methyl sites for hydroxylation is 1. The molecule has 0 radical (unpaired) electrons. The van der Waals surface area contributed by atoms with E-state index in [4.69, 9.17) is 0 Å². The largest absolute Gasteiger partial charge is 0.505 e. The number of nitrogens with one attached hydrogen (secondary N) is 1. The van der Waals surface area contributed by atoms with E-state index in [1.807, 2.05) is 85.8 Å². The number of amides is 1. The molecule has 0 aliphatic carbocycles. The zero-order valence-electron chi connectivity index (χ0n) is 20.1. The molecule has 5 heteroatoms. The third-order valence-corrected chi connectivity index (χ3v) is 6.53. The number of benzene rings is 6. The number of rotatable bonds is 4. The highest BCUT2D eigenvalue weighted by atomic mass is 16.3. The second-order valence-corrected chi connectivity index (χ2v) is 9.06. The number of phenolic OH excluding ortho intramolecular Hbond substituents is 1. The standard InChI is InChI=1S/C32H23N3O2/c1-20-13-15-25(16-14-20)33-32(37)28-19-24-9-4-5-11-26(24)30(31(28)36)35-34-29-12-6-10-23-17-21-7-2-3-8-22(21)18-27(23)29/h2-19,36H,1H3,(H,33,37)/b35-34+. The number of fused-ring (bicyclic) bond motifs is 3. The van der Waals surface area contributed by atoms with Gasteiger partial charge in [0, 0.05) is 16.5 Å². The van der Waals surface area contributed by atoms with Gasteiger partial charge in [-0.1, -0.05) is 78.4 Å². The molecule has 0 aromatic heterocycles. The lowest BCUT2D eigenvalue weighted by Gasteiger charge is -2.11. The first-order chi connectivity index (χ1) is 18.1. The molecule has 178 valence electrons. The molecule has 0 aliphatic rings. The minimum atomic E-state index is -0.416. The van der Waals surface area contributed by atoms with Gasteiger partial charge in [-0.05, 0) is 64.9 Å². The van der Waals surface area contributed by atoms with Gasteiger partial charge in [0.05, 0.1) is 11.3 Å². The summed E-state index contributed by atoms with van der Waals surface area (Å²) in [6.45, 7) is 1.98. The number of hydrogen-bond donors (Lipinski definition) is 2. The van der Waals surface area contributed by atoms with Gasteiger partial charge in [-0.15, -0.1) is 10.2 Å². The van der Waals surface area contributed by atoms with Crippen LogP contribution in [0.1, 0.15) is 15.9 Å². The molecular formula is C32H23N3O2. The molecule has 0 heterocycles. The summed E-state index contributed by atoms with van der Waals surface area (Å²) in [6, 6.07) is 35.0. The van der Waals surface area contributed by atoms with Crippen LogP contribution in [0.2, 0.25) is 0 Å². The Bertz CT molecular complexity index is 1840. The van der Waals surface area contributed by atoms with Crippen LogP contribution in [0.3, 0.4) is 0 Å². The van der Waals surface area contributed by atoms with Gasteiger partial charge in [-0.3, -0.25) is 4.79 Å². The maximum atomic E-state index is 13.1. The number of hydrogen-bond acceptors (Lipinski definition) is 4. The average molecular weight is 482 g/mol. The van der Waals surface area contributed by atoms with Gasteiger partial charge in [0.15, 0.2) is 5.75 Å². The third kappa shape index (κ3) is 4.28. The van der Waals surface area contributed by atoms with Gasteiger partial charge in [0.2, 0.25) is 0 Å². The van der Waals surface area contributed by atoms with Crippen LogP contribution in [0.15, 0.2) is 119 Å². The molecule has 37 heavy (non-hydrogen) atoms. The van der Waals surface area contributed by atoms with E-state index in [-0.39, 0.29) is 17.0 Å². The summed E-state index contributed by atoms with van der Waals surface area (Å²) in [7, 11) is 0. The molecule has 6 aromatic carbocycles. The number of azo groups is 1. The Balaban J connectivity index is 1.45. The third-order valence-electron chi connectivity index (χ3n) is 6.53. The van der Waals surface area contributed by atoms with Gasteiger partial charge in [0.1, 0.15) is 5.69 Å². The number of carbonyl (C=O) groups is 1. The lowest BCUT2D eigenvalue weighted by molar-refractivity contribution is 0.102. The van der Waals surface area contributed by atoms with Crippen LogP contribution < -0.4 is 5.32 Å². The van der Waals surface area contributed by atoms with Crippen molar-refractivity contribution in [3.63, 3.8) is 0 Å². The summed E-state index contributed by atoms with van der Waals surface area (Å²) in [5, 5.41) is 28.9. The molecule has 0 saturated heterocycles. The van der Waals surface area contributed by atoms with E-state index in [0.29, 0.717) is 16.8 Å². The molecule has 0 saturated carbocycles. The summed E-state index contributed by atoms with van der Waals surface area (Å²) >= 11 is 0. The Morgan fingerprint density at radius 2 is 1.32 bits per heavy atom. The minimum absolute atomic E-state index is 0.136. The highest BCUT2D eigenvalue weighted by molar-refractivity contribution is 6.12. The van der Waals surface area contributed by atoms with Crippen molar-refractivity contribution in [1.82, 2.24) is 0 Å². The van der Waals surface area contributed by atoms with Crippen molar-refractivity contribution in [3.05, 3.63) is 120 Å². The van der Waals surface area contributed by atoms with E-state index in [1.54, 1.807) is 6.07 Å². The summed E-state index contributed by atoms with van der Waals surface area (Å²) in [6.07, 6.45) is 0. The van der Waals surface area contributed by atoms with Crippen LogP contribution in [-0.2, 0) is 0 Å². The Labute approximate surface area is 213 Å². The molecule has 6 aromatic rings. The summed E-state index contributed by atoms with van der Waals surface area (Å²) in [5.74, 6) is -0.627. The number of carbonyl (C=O) groups excluding carboxylic acids is 1. The summed E-state index contributed by atoms with van der Waals surface area (Å²) in [4.78, 5) is 13.1. The number of anilines is 1. The average Bonchev–Trinajstić information content (AvgIpc) is 2.92. The molecule has 6 rings (SSSR count). The molecule has 0 bridgehead atoms. The Kier molecular flexibility index (Phi) is 5.58. The highest BCUT2D eigenvalue weighted by Crippen LogP contribution is 2.40. The van der Waals surface area contributed by atoms with Crippen LogP contribution in [0.4, 0.5) is 17.1 Å². The maximum Gasteiger partial charge on any atom is 0.259 e. The molecule has 2 N–H and O–H groups in total. The second-order valence-electron chi connectivity index (χ2n) is 9.06. The number of nitrogens with zero attached hydrogens (tertiary/aromatic N) is 2. The van der Waals surface area contributed by atoms with Gasteiger partial charge in [-0.2, -0.15) is 0 Å².